The third kappa shape index (κ3) is 10.8. The van der Waals surface area contributed by atoms with Gasteiger partial charge in [-0.25, -0.2) is 4.79 Å². The summed E-state index contributed by atoms with van der Waals surface area (Å²) in [6, 6.07) is 12.2. The second kappa shape index (κ2) is 16.6. The number of carboxylic acid groups (broad SMARTS) is 1. The zero-order chi connectivity index (χ0) is 39.3. The summed E-state index contributed by atoms with van der Waals surface area (Å²) in [5.41, 5.74) is 1.29. The summed E-state index contributed by atoms with van der Waals surface area (Å²) in [5, 5.41) is 16.9. The van der Waals surface area contributed by atoms with Crippen molar-refractivity contribution in [1.82, 2.24) is 25.3 Å². The number of rotatable bonds is 10. The Labute approximate surface area is 307 Å². The lowest BCUT2D eigenvalue weighted by atomic mass is 9.95. The van der Waals surface area contributed by atoms with Crippen LogP contribution in [0.25, 0.3) is 11.1 Å². The molecule has 1 atom stereocenters. The van der Waals surface area contributed by atoms with E-state index in [-0.39, 0.29) is 36.1 Å². The Balaban J connectivity index is 0.000000730. The molecule has 2 amide bonds. The molecule has 18 heteroatoms. The molecule has 0 unspecified atom stereocenters. The van der Waals surface area contributed by atoms with Crippen LogP contribution >= 0.6 is 0 Å². The number of benzene rings is 2. The van der Waals surface area contributed by atoms with Gasteiger partial charge in [-0.15, -0.1) is 13.2 Å². The molecule has 6 rings (SSSR count). The summed E-state index contributed by atoms with van der Waals surface area (Å²) in [6.07, 6.45) is -3.75. The van der Waals surface area contributed by atoms with Crippen LogP contribution in [0.2, 0.25) is 0 Å². The van der Waals surface area contributed by atoms with Crippen molar-refractivity contribution >= 4 is 23.5 Å². The molecule has 54 heavy (non-hydrogen) atoms. The lowest BCUT2D eigenvalue weighted by Crippen LogP contribution is -2.54. The first-order valence-corrected chi connectivity index (χ1v) is 17.4. The van der Waals surface area contributed by atoms with Gasteiger partial charge in [-0.3, -0.25) is 14.7 Å². The molecule has 3 heterocycles. The van der Waals surface area contributed by atoms with Gasteiger partial charge >= 0.3 is 18.5 Å². The average molecular weight is 769 g/mol. The van der Waals surface area contributed by atoms with Crippen molar-refractivity contribution in [2.45, 2.75) is 70.3 Å². The van der Waals surface area contributed by atoms with Crippen molar-refractivity contribution in [1.29, 1.82) is 0 Å². The quantitative estimate of drug-likeness (QED) is 0.225. The number of aromatic nitrogens is 2. The molecule has 3 aliphatic rings. The number of hydrogen-bond donors (Lipinski definition) is 3. The number of alkyl halides is 6. The van der Waals surface area contributed by atoms with Gasteiger partial charge in [-0.2, -0.15) is 18.3 Å². The standard InChI is InChI=1S/C34H41F3N6O4.C2HF3O2/c1-33(2,32(45)41-15-12-38-13-16-41)46-29-7-3-6-28(18-29)42-14-4-5-25(21-42)31(44)43(27-10-11-27)22-24-9-8-23(26-19-39-40-20-26)17-30(24)47-34(35,36)37;3-2(4,5)1(6)7/h3,6-9,17-20,25,27,38H,4-5,10-16,21-22H2,1-2H3,(H,39,40);(H,6,7)/t25-;/m1./s1. The van der Waals surface area contributed by atoms with Gasteiger partial charge in [-0.1, -0.05) is 18.2 Å². The highest BCUT2D eigenvalue weighted by Gasteiger charge is 2.40. The molecule has 0 spiro atoms. The average Bonchev–Trinajstić information content (AvgIpc) is 3.81. The van der Waals surface area contributed by atoms with Crippen LogP contribution in [0.4, 0.5) is 32.0 Å². The van der Waals surface area contributed by atoms with Gasteiger partial charge in [0, 0.05) is 80.9 Å². The van der Waals surface area contributed by atoms with E-state index in [9.17, 15) is 35.9 Å². The van der Waals surface area contributed by atoms with E-state index < -0.39 is 24.1 Å². The van der Waals surface area contributed by atoms with Crippen LogP contribution in [0.3, 0.4) is 0 Å². The number of aromatic amines is 1. The van der Waals surface area contributed by atoms with E-state index in [1.165, 1.54) is 12.3 Å². The Morgan fingerprint density at radius 1 is 0.944 bits per heavy atom. The summed E-state index contributed by atoms with van der Waals surface area (Å²) in [4.78, 5) is 41.8. The number of nitrogens with zero attached hydrogens (tertiary/aromatic N) is 4. The number of piperidine rings is 1. The lowest BCUT2D eigenvalue weighted by molar-refractivity contribution is -0.275. The minimum atomic E-state index is -5.08. The summed E-state index contributed by atoms with van der Waals surface area (Å²) in [6.45, 7) is 7.59. The number of amides is 2. The van der Waals surface area contributed by atoms with E-state index in [1.807, 2.05) is 29.2 Å². The number of carbonyl (C=O) groups is 3. The fourth-order valence-corrected chi connectivity index (χ4v) is 6.43. The highest BCUT2D eigenvalue weighted by molar-refractivity contribution is 5.85. The molecule has 1 aliphatic carbocycles. The predicted octanol–water partition coefficient (Wildman–Crippen LogP) is 5.61. The minimum Gasteiger partial charge on any atom is -0.478 e. The van der Waals surface area contributed by atoms with Crippen LogP contribution in [0.5, 0.6) is 11.5 Å². The maximum atomic E-state index is 14.0. The zero-order valence-corrected chi connectivity index (χ0v) is 29.7. The van der Waals surface area contributed by atoms with Crippen molar-refractivity contribution in [3.63, 3.8) is 0 Å². The molecule has 294 valence electrons. The number of piperazine rings is 1. The third-order valence-electron chi connectivity index (χ3n) is 9.22. The first kappa shape index (κ1) is 40.2. The molecule has 12 nitrogen and oxygen atoms in total. The molecule has 1 aromatic heterocycles. The topological polar surface area (TPSA) is 140 Å². The maximum Gasteiger partial charge on any atom is 0.573 e. The molecule has 3 N–H and O–H groups in total. The molecule has 3 aromatic rings. The third-order valence-corrected chi connectivity index (χ3v) is 9.22. The number of carboxylic acids is 1. The highest BCUT2D eigenvalue weighted by Crippen LogP contribution is 2.37. The van der Waals surface area contributed by atoms with Crippen LogP contribution in [0, 0.1) is 5.92 Å². The van der Waals surface area contributed by atoms with Crippen LogP contribution in [-0.2, 0) is 20.9 Å². The monoisotopic (exact) mass is 768 g/mol. The molecule has 2 aromatic carbocycles. The smallest absolute Gasteiger partial charge is 0.478 e. The van der Waals surface area contributed by atoms with E-state index in [0.717, 1.165) is 44.6 Å². The fourth-order valence-electron chi connectivity index (χ4n) is 6.43. The van der Waals surface area contributed by atoms with Gasteiger partial charge in [0.15, 0.2) is 5.60 Å². The van der Waals surface area contributed by atoms with E-state index in [0.29, 0.717) is 48.5 Å². The Kier molecular flexibility index (Phi) is 12.3. The van der Waals surface area contributed by atoms with E-state index >= 15 is 0 Å². The zero-order valence-electron chi connectivity index (χ0n) is 29.7. The van der Waals surface area contributed by atoms with Gasteiger partial charge in [0.2, 0.25) is 5.91 Å². The molecule has 2 aliphatic heterocycles. The number of ether oxygens (including phenoxy) is 2. The Morgan fingerprint density at radius 3 is 2.26 bits per heavy atom. The number of aliphatic carboxylic acids is 1. The Hall–Kier alpha value is -5.00. The summed E-state index contributed by atoms with van der Waals surface area (Å²) in [5.74, 6) is -2.96. The number of nitrogens with one attached hydrogen (secondary N) is 2. The van der Waals surface area contributed by atoms with Crippen molar-refractivity contribution in [3.8, 4) is 22.6 Å². The summed E-state index contributed by atoms with van der Waals surface area (Å²) < 4.78 is 82.8. The first-order chi connectivity index (χ1) is 25.4. The molecule has 0 radical (unpaired) electrons. The minimum absolute atomic E-state index is 0.0163. The largest absolute Gasteiger partial charge is 0.573 e. The van der Waals surface area contributed by atoms with Crippen LogP contribution in [0.1, 0.15) is 45.1 Å². The highest BCUT2D eigenvalue weighted by atomic mass is 19.4. The molecular weight excluding hydrogens is 726 g/mol. The van der Waals surface area contributed by atoms with Gasteiger partial charge in [0.1, 0.15) is 11.5 Å². The molecule has 3 fully saturated rings. The Bertz CT molecular complexity index is 1760. The SMILES string of the molecule is CC(C)(Oc1cccc(N2CCC[C@@H](C(=O)N(Cc3ccc(-c4cn[nH]c4)cc3OC(F)(F)F)C3CC3)C2)c1)C(=O)N1CCNCC1.O=C(O)C(F)(F)F. The van der Waals surface area contributed by atoms with Crippen LogP contribution < -0.4 is 19.7 Å². The molecule has 1 saturated carbocycles. The summed E-state index contributed by atoms with van der Waals surface area (Å²) in [7, 11) is 0. The second-order valence-electron chi connectivity index (χ2n) is 13.8. The number of carbonyl (C=O) groups excluding carboxylic acids is 2. The lowest BCUT2D eigenvalue weighted by Gasteiger charge is -2.37. The number of anilines is 1. The normalized spacial score (nSPS) is 18.0. The number of halogens is 6. The number of H-pyrrole nitrogens is 1. The van der Waals surface area contributed by atoms with Gasteiger partial charge in [0.05, 0.1) is 12.1 Å². The van der Waals surface area contributed by atoms with Crippen molar-refractivity contribution in [2.75, 3.05) is 44.2 Å². The van der Waals surface area contributed by atoms with Crippen molar-refractivity contribution < 1.29 is 55.3 Å². The predicted molar refractivity (Wildman–Crippen MR) is 184 cm³/mol. The maximum absolute atomic E-state index is 14.0. The molecular formula is C36H42F6N6O6. The molecule has 2 saturated heterocycles. The van der Waals surface area contributed by atoms with E-state index in [2.05, 4.69) is 25.2 Å². The van der Waals surface area contributed by atoms with Gasteiger partial charge in [-0.05, 0) is 63.3 Å². The van der Waals surface area contributed by atoms with Crippen molar-refractivity contribution in [2.24, 2.45) is 5.92 Å². The van der Waals surface area contributed by atoms with Gasteiger partial charge < -0.3 is 34.6 Å². The van der Waals surface area contributed by atoms with Crippen LogP contribution in [0.15, 0.2) is 54.9 Å². The second-order valence-corrected chi connectivity index (χ2v) is 13.8. The number of hydrogen-bond acceptors (Lipinski definition) is 8. The van der Waals surface area contributed by atoms with Crippen LogP contribution in [-0.4, -0.2) is 106 Å². The fraction of sp³-hybridized carbons (Fsp3) is 0.500. The van der Waals surface area contributed by atoms with Crippen molar-refractivity contribution in [3.05, 3.63) is 60.4 Å². The van der Waals surface area contributed by atoms with E-state index in [1.54, 1.807) is 37.1 Å². The Morgan fingerprint density at radius 2 is 1.65 bits per heavy atom. The first-order valence-electron chi connectivity index (χ1n) is 17.4. The van der Waals surface area contributed by atoms with Gasteiger partial charge in [0.25, 0.3) is 5.91 Å². The molecule has 0 bridgehead atoms. The summed E-state index contributed by atoms with van der Waals surface area (Å²) >= 11 is 0. The van der Waals surface area contributed by atoms with E-state index in [4.69, 9.17) is 14.6 Å².